The lowest BCUT2D eigenvalue weighted by molar-refractivity contribution is -0.170. The van der Waals surface area contributed by atoms with Crippen molar-refractivity contribution in [3.8, 4) is 0 Å². The van der Waals surface area contributed by atoms with Gasteiger partial charge >= 0.3 is 5.97 Å². The van der Waals surface area contributed by atoms with E-state index < -0.39 is 0 Å². The highest BCUT2D eigenvalue weighted by Gasteiger charge is 2.41. The fourth-order valence-electron chi connectivity index (χ4n) is 2.14. The van der Waals surface area contributed by atoms with E-state index in [4.69, 9.17) is 4.74 Å². The SMILES string of the molecule is CC.CC.CC1CC(C)(C(=O)OC(C)(C)C)CCN1C. The molecule has 1 heterocycles. The summed E-state index contributed by atoms with van der Waals surface area (Å²) < 4.78 is 5.51. The fourth-order valence-corrected chi connectivity index (χ4v) is 2.14. The number of hydrogen-bond acceptors (Lipinski definition) is 3. The molecule has 122 valence electrons. The van der Waals surface area contributed by atoms with Crippen LogP contribution in [0.1, 0.15) is 75.2 Å². The van der Waals surface area contributed by atoms with Crippen LogP contribution >= 0.6 is 0 Å². The summed E-state index contributed by atoms with van der Waals surface area (Å²) in [6, 6.07) is 0.450. The smallest absolute Gasteiger partial charge is 0.312 e. The summed E-state index contributed by atoms with van der Waals surface area (Å²) in [5, 5.41) is 0. The summed E-state index contributed by atoms with van der Waals surface area (Å²) in [5.74, 6) is -0.0417. The molecule has 0 aromatic rings. The van der Waals surface area contributed by atoms with Gasteiger partial charge in [-0.3, -0.25) is 4.79 Å². The van der Waals surface area contributed by atoms with Crippen LogP contribution in [0, 0.1) is 5.41 Å². The first-order valence-corrected chi connectivity index (χ1v) is 8.08. The van der Waals surface area contributed by atoms with E-state index in [1.54, 1.807) is 0 Å². The molecule has 0 radical (unpaired) electrons. The Morgan fingerprint density at radius 2 is 1.65 bits per heavy atom. The highest BCUT2D eigenvalue weighted by Crippen LogP contribution is 2.36. The lowest BCUT2D eigenvalue weighted by Gasteiger charge is -2.41. The number of hydrogen-bond donors (Lipinski definition) is 0. The third-order valence-electron chi connectivity index (χ3n) is 3.41. The Kier molecular flexibility index (Phi) is 10.2. The van der Waals surface area contributed by atoms with Gasteiger partial charge in [0.1, 0.15) is 5.60 Å². The topological polar surface area (TPSA) is 29.5 Å². The second-order valence-corrected chi connectivity index (χ2v) is 6.35. The average molecular weight is 287 g/mol. The molecule has 20 heavy (non-hydrogen) atoms. The molecule has 1 rings (SSSR count). The summed E-state index contributed by atoms with van der Waals surface area (Å²) in [5.41, 5.74) is -0.689. The summed E-state index contributed by atoms with van der Waals surface area (Å²) in [4.78, 5) is 14.4. The van der Waals surface area contributed by atoms with Gasteiger partial charge in [0.25, 0.3) is 0 Å². The van der Waals surface area contributed by atoms with E-state index in [1.807, 2.05) is 55.4 Å². The molecule has 0 spiro atoms. The second kappa shape index (κ2) is 9.38. The van der Waals surface area contributed by atoms with E-state index in [0.29, 0.717) is 6.04 Å². The van der Waals surface area contributed by atoms with E-state index in [9.17, 15) is 4.79 Å². The van der Waals surface area contributed by atoms with Gasteiger partial charge in [0.05, 0.1) is 5.41 Å². The standard InChI is InChI=1S/C13H25NO2.2C2H6/c1-10-9-13(5,7-8-14(10)6)11(15)16-12(2,3)4;2*1-2/h10H,7-9H2,1-6H3;2*1-2H3. The Morgan fingerprint density at radius 3 is 2.00 bits per heavy atom. The zero-order chi connectivity index (χ0) is 16.6. The summed E-state index contributed by atoms with van der Waals surface area (Å²) in [6.07, 6.45) is 1.78. The lowest BCUT2D eigenvalue weighted by Crippen LogP contribution is -2.47. The average Bonchev–Trinajstić information content (AvgIpc) is 2.37. The molecule has 3 heteroatoms. The highest BCUT2D eigenvalue weighted by molar-refractivity contribution is 5.77. The Bertz CT molecular complexity index is 271. The lowest BCUT2D eigenvalue weighted by atomic mass is 9.77. The van der Waals surface area contributed by atoms with Crippen LogP contribution in [0.15, 0.2) is 0 Å². The molecule has 0 bridgehead atoms. The van der Waals surface area contributed by atoms with E-state index in [0.717, 1.165) is 19.4 Å². The van der Waals surface area contributed by atoms with Crippen molar-refractivity contribution < 1.29 is 9.53 Å². The molecule has 0 aromatic heterocycles. The van der Waals surface area contributed by atoms with Gasteiger partial charge in [0, 0.05) is 6.04 Å². The predicted octanol–water partition coefficient (Wildman–Crippen LogP) is 4.50. The molecule has 1 aliphatic rings. The molecule has 2 atom stereocenters. The van der Waals surface area contributed by atoms with Crippen LogP contribution in [0.4, 0.5) is 0 Å². The molecule has 0 saturated carbocycles. The minimum atomic E-state index is -0.382. The van der Waals surface area contributed by atoms with Crippen molar-refractivity contribution >= 4 is 5.97 Å². The van der Waals surface area contributed by atoms with Gasteiger partial charge in [-0.25, -0.2) is 0 Å². The predicted molar refractivity (Wildman–Crippen MR) is 88.0 cm³/mol. The van der Waals surface area contributed by atoms with Gasteiger partial charge in [-0.2, -0.15) is 0 Å². The van der Waals surface area contributed by atoms with E-state index in [2.05, 4.69) is 18.9 Å². The van der Waals surface area contributed by atoms with Crippen molar-refractivity contribution in [1.29, 1.82) is 0 Å². The van der Waals surface area contributed by atoms with Crippen LogP contribution in [-0.4, -0.2) is 36.1 Å². The number of carbonyl (C=O) groups is 1. The van der Waals surface area contributed by atoms with Gasteiger partial charge < -0.3 is 9.64 Å². The van der Waals surface area contributed by atoms with Crippen molar-refractivity contribution in [3.05, 3.63) is 0 Å². The van der Waals surface area contributed by atoms with Crippen LogP contribution in [0.3, 0.4) is 0 Å². The molecular weight excluding hydrogens is 250 g/mol. The number of nitrogens with zero attached hydrogens (tertiary/aromatic N) is 1. The van der Waals surface area contributed by atoms with Crippen molar-refractivity contribution in [1.82, 2.24) is 4.90 Å². The number of rotatable bonds is 1. The molecule has 2 unspecified atom stereocenters. The number of esters is 1. The van der Waals surface area contributed by atoms with Crippen molar-refractivity contribution in [2.24, 2.45) is 5.41 Å². The zero-order valence-corrected chi connectivity index (χ0v) is 15.5. The second-order valence-electron chi connectivity index (χ2n) is 6.35. The Balaban J connectivity index is 0. The Hall–Kier alpha value is -0.570. The van der Waals surface area contributed by atoms with Gasteiger partial charge in [-0.15, -0.1) is 0 Å². The third kappa shape index (κ3) is 7.28. The van der Waals surface area contributed by atoms with Gasteiger partial charge in [-0.05, 0) is 61.1 Å². The number of piperidine rings is 1. The Labute approximate surface area is 127 Å². The molecule has 1 fully saturated rings. The Morgan fingerprint density at radius 1 is 1.20 bits per heavy atom. The monoisotopic (exact) mass is 287 g/mol. The first kappa shape index (κ1) is 21.7. The molecule has 0 aliphatic carbocycles. The third-order valence-corrected chi connectivity index (χ3v) is 3.41. The van der Waals surface area contributed by atoms with Gasteiger partial charge in [-0.1, -0.05) is 27.7 Å². The first-order valence-electron chi connectivity index (χ1n) is 8.08. The number of likely N-dealkylation sites (tertiary alicyclic amines) is 1. The molecule has 3 nitrogen and oxygen atoms in total. The molecule has 1 saturated heterocycles. The van der Waals surface area contributed by atoms with Crippen LogP contribution in [0.5, 0.6) is 0 Å². The normalized spacial score (nSPS) is 26.6. The molecule has 0 aromatic carbocycles. The number of ether oxygens (including phenoxy) is 1. The fraction of sp³-hybridized carbons (Fsp3) is 0.941. The first-order chi connectivity index (χ1) is 9.14. The molecular formula is C17H37NO2. The molecule has 0 N–H and O–H groups in total. The quantitative estimate of drug-likeness (QED) is 0.665. The van der Waals surface area contributed by atoms with E-state index >= 15 is 0 Å². The molecule has 1 aliphatic heterocycles. The summed E-state index contributed by atoms with van der Waals surface area (Å²) >= 11 is 0. The van der Waals surface area contributed by atoms with Crippen LogP contribution in [-0.2, 0) is 9.53 Å². The minimum absolute atomic E-state index is 0.0417. The van der Waals surface area contributed by atoms with Gasteiger partial charge in [0.2, 0.25) is 0 Å². The summed E-state index contributed by atoms with van der Waals surface area (Å²) in [7, 11) is 2.11. The van der Waals surface area contributed by atoms with E-state index in [-0.39, 0.29) is 17.0 Å². The van der Waals surface area contributed by atoms with Crippen LogP contribution < -0.4 is 0 Å². The van der Waals surface area contributed by atoms with Crippen LogP contribution in [0.2, 0.25) is 0 Å². The maximum Gasteiger partial charge on any atom is 0.312 e. The van der Waals surface area contributed by atoms with Crippen molar-refractivity contribution in [3.63, 3.8) is 0 Å². The van der Waals surface area contributed by atoms with E-state index in [1.165, 1.54) is 0 Å². The van der Waals surface area contributed by atoms with Crippen molar-refractivity contribution in [2.45, 2.75) is 86.8 Å². The summed E-state index contributed by atoms with van der Waals surface area (Å²) in [6.45, 7) is 18.9. The maximum absolute atomic E-state index is 12.1. The highest BCUT2D eigenvalue weighted by atomic mass is 16.6. The maximum atomic E-state index is 12.1. The van der Waals surface area contributed by atoms with Gasteiger partial charge in [0.15, 0.2) is 0 Å². The van der Waals surface area contributed by atoms with Crippen LogP contribution in [0.25, 0.3) is 0 Å². The zero-order valence-electron chi connectivity index (χ0n) is 15.5. The largest absolute Gasteiger partial charge is 0.460 e. The minimum Gasteiger partial charge on any atom is -0.460 e. The van der Waals surface area contributed by atoms with Crippen molar-refractivity contribution in [2.75, 3.05) is 13.6 Å². The number of carbonyl (C=O) groups excluding carboxylic acids is 1. The molecule has 0 amide bonds.